The van der Waals surface area contributed by atoms with Gasteiger partial charge in [-0.2, -0.15) is 0 Å². The predicted octanol–water partition coefficient (Wildman–Crippen LogP) is 2.44. The van der Waals surface area contributed by atoms with Gasteiger partial charge < -0.3 is 14.2 Å². The lowest BCUT2D eigenvalue weighted by Crippen LogP contribution is -2.37. The van der Waals surface area contributed by atoms with E-state index in [1.54, 1.807) is 18.2 Å². The van der Waals surface area contributed by atoms with Gasteiger partial charge in [-0.3, -0.25) is 9.10 Å². The Morgan fingerprint density at radius 3 is 2.52 bits per heavy atom. The molecule has 8 heteroatoms. The maximum absolute atomic E-state index is 13.4. The van der Waals surface area contributed by atoms with Crippen LogP contribution < -0.4 is 13.8 Å². The lowest BCUT2D eigenvalue weighted by molar-refractivity contribution is -0.138. The summed E-state index contributed by atoms with van der Waals surface area (Å²) in [5, 5.41) is 0. The van der Waals surface area contributed by atoms with Crippen LogP contribution in [0, 0.1) is 13.8 Å². The molecule has 7 nitrogen and oxygen atoms in total. The number of rotatable bonds is 5. The van der Waals surface area contributed by atoms with Crippen LogP contribution >= 0.6 is 0 Å². The van der Waals surface area contributed by atoms with E-state index < -0.39 is 22.5 Å². The van der Waals surface area contributed by atoms with Gasteiger partial charge in [0.15, 0.2) is 11.5 Å². The number of carbonyl (C=O) groups is 1. The van der Waals surface area contributed by atoms with Gasteiger partial charge in [0, 0.05) is 6.07 Å². The van der Waals surface area contributed by atoms with E-state index in [1.165, 1.54) is 19.2 Å². The van der Waals surface area contributed by atoms with E-state index in [0.29, 0.717) is 30.4 Å². The number of hydrogen-bond acceptors (Lipinski definition) is 6. The normalized spacial score (nSPS) is 13.1. The fourth-order valence-corrected chi connectivity index (χ4v) is 4.28. The van der Waals surface area contributed by atoms with E-state index in [4.69, 9.17) is 14.2 Å². The number of anilines is 1. The van der Waals surface area contributed by atoms with Crippen molar-refractivity contribution in [2.75, 3.05) is 31.2 Å². The Morgan fingerprint density at radius 2 is 1.81 bits per heavy atom. The Kier molecular flexibility index (Phi) is 5.27. The zero-order valence-electron chi connectivity index (χ0n) is 15.4. The smallest absolute Gasteiger partial charge is 0.326 e. The van der Waals surface area contributed by atoms with Crippen LogP contribution in [0.2, 0.25) is 0 Å². The molecule has 1 heterocycles. The highest BCUT2D eigenvalue weighted by molar-refractivity contribution is 7.92. The van der Waals surface area contributed by atoms with Crippen LogP contribution in [0.25, 0.3) is 0 Å². The summed E-state index contributed by atoms with van der Waals surface area (Å²) in [4.78, 5) is 11.9. The summed E-state index contributed by atoms with van der Waals surface area (Å²) in [6, 6.07) is 9.71. The highest BCUT2D eigenvalue weighted by Gasteiger charge is 2.30. The molecule has 1 aliphatic rings. The molecule has 0 spiro atoms. The van der Waals surface area contributed by atoms with Gasteiger partial charge in [-0.25, -0.2) is 8.42 Å². The zero-order chi connectivity index (χ0) is 19.6. The molecule has 0 N–H and O–H groups in total. The van der Waals surface area contributed by atoms with Crippen molar-refractivity contribution in [1.82, 2.24) is 0 Å². The molecule has 2 aromatic rings. The van der Waals surface area contributed by atoms with E-state index in [2.05, 4.69) is 0 Å². The molecule has 0 fully saturated rings. The van der Waals surface area contributed by atoms with Gasteiger partial charge >= 0.3 is 5.97 Å². The average molecular weight is 391 g/mol. The first-order valence-electron chi connectivity index (χ1n) is 8.40. The molecule has 0 aliphatic carbocycles. The van der Waals surface area contributed by atoms with Crippen LogP contribution in [-0.2, 0) is 19.6 Å². The van der Waals surface area contributed by atoms with Crippen molar-refractivity contribution in [3.05, 3.63) is 47.5 Å². The SMILES string of the molecule is COC(=O)CN(c1cccc(C)c1C)S(=O)(=O)c1ccc2c(c1)OCCO2. The van der Waals surface area contributed by atoms with Crippen molar-refractivity contribution in [2.45, 2.75) is 18.7 Å². The second kappa shape index (κ2) is 7.48. The molecular weight excluding hydrogens is 370 g/mol. The van der Waals surface area contributed by atoms with Crippen molar-refractivity contribution in [1.29, 1.82) is 0 Å². The van der Waals surface area contributed by atoms with E-state index >= 15 is 0 Å². The molecule has 144 valence electrons. The van der Waals surface area contributed by atoms with Crippen molar-refractivity contribution in [3.8, 4) is 11.5 Å². The average Bonchev–Trinajstić information content (AvgIpc) is 2.67. The predicted molar refractivity (Wildman–Crippen MR) is 99.9 cm³/mol. The van der Waals surface area contributed by atoms with Gasteiger partial charge in [0.05, 0.1) is 17.7 Å². The number of fused-ring (bicyclic) bond motifs is 1. The van der Waals surface area contributed by atoms with E-state index in [1.807, 2.05) is 19.9 Å². The van der Waals surface area contributed by atoms with Crippen molar-refractivity contribution < 1.29 is 27.4 Å². The second-order valence-corrected chi connectivity index (χ2v) is 7.97. The molecule has 0 bridgehead atoms. The summed E-state index contributed by atoms with van der Waals surface area (Å²) < 4.78 is 43.4. The lowest BCUT2D eigenvalue weighted by Gasteiger charge is -2.26. The molecule has 0 aromatic heterocycles. The Labute approximate surface area is 158 Å². The Morgan fingerprint density at radius 1 is 1.11 bits per heavy atom. The number of esters is 1. The number of ether oxygens (including phenoxy) is 3. The van der Waals surface area contributed by atoms with Crippen LogP contribution in [0.4, 0.5) is 5.69 Å². The minimum absolute atomic E-state index is 0.0107. The summed E-state index contributed by atoms with van der Waals surface area (Å²) in [6.07, 6.45) is 0. The zero-order valence-corrected chi connectivity index (χ0v) is 16.2. The number of benzene rings is 2. The van der Waals surface area contributed by atoms with Gasteiger partial charge in [0.2, 0.25) is 0 Å². The van der Waals surface area contributed by atoms with E-state index in [9.17, 15) is 13.2 Å². The quantitative estimate of drug-likeness (QED) is 0.728. The molecule has 27 heavy (non-hydrogen) atoms. The first kappa shape index (κ1) is 19.0. The summed E-state index contributed by atoms with van der Waals surface area (Å²) in [6.45, 7) is 4.02. The van der Waals surface area contributed by atoms with E-state index in [0.717, 1.165) is 15.4 Å². The number of carbonyl (C=O) groups excluding carboxylic acids is 1. The summed E-state index contributed by atoms with van der Waals surface area (Å²) in [5.41, 5.74) is 2.11. The van der Waals surface area contributed by atoms with Crippen LogP contribution in [0.1, 0.15) is 11.1 Å². The third-order valence-corrected chi connectivity index (χ3v) is 6.20. The third-order valence-electron chi connectivity index (χ3n) is 4.45. The number of aryl methyl sites for hydroxylation is 1. The monoisotopic (exact) mass is 391 g/mol. The summed E-state index contributed by atoms with van der Waals surface area (Å²) in [5.74, 6) is 0.199. The highest BCUT2D eigenvalue weighted by atomic mass is 32.2. The number of sulfonamides is 1. The van der Waals surface area contributed by atoms with Crippen molar-refractivity contribution >= 4 is 21.7 Å². The Bertz CT molecular complexity index is 970. The summed E-state index contributed by atoms with van der Waals surface area (Å²) >= 11 is 0. The van der Waals surface area contributed by atoms with Crippen LogP contribution in [0.5, 0.6) is 11.5 Å². The maximum atomic E-state index is 13.4. The molecule has 0 amide bonds. The molecule has 3 rings (SSSR count). The molecular formula is C19H21NO6S. The molecule has 0 unspecified atom stereocenters. The molecule has 2 aromatic carbocycles. The highest BCUT2D eigenvalue weighted by Crippen LogP contribution is 2.35. The van der Waals surface area contributed by atoms with E-state index in [-0.39, 0.29) is 4.90 Å². The molecule has 0 radical (unpaired) electrons. The minimum atomic E-state index is -4.04. The molecule has 1 aliphatic heterocycles. The third kappa shape index (κ3) is 3.71. The number of methoxy groups -OCH3 is 1. The van der Waals surface area contributed by atoms with Crippen LogP contribution in [0.3, 0.4) is 0 Å². The fourth-order valence-electron chi connectivity index (χ4n) is 2.80. The molecule has 0 atom stereocenters. The van der Waals surface area contributed by atoms with Gasteiger partial charge in [-0.05, 0) is 43.2 Å². The Hall–Kier alpha value is -2.74. The topological polar surface area (TPSA) is 82.1 Å². The standard InChI is InChI=1S/C19H21NO6S/c1-13-5-4-6-16(14(13)2)20(12-19(21)24-3)27(22,23)15-7-8-17-18(11-15)26-10-9-25-17/h4-8,11H,9-10,12H2,1-3H3. The minimum Gasteiger partial charge on any atom is -0.486 e. The first-order chi connectivity index (χ1) is 12.8. The fraction of sp³-hybridized carbons (Fsp3) is 0.316. The number of hydrogen-bond donors (Lipinski definition) is 0. The van der Waals surface area contributed by atoms with Gasteiger partial charge in [0.25, 0.3) is 10.0 Å². The van der Waals surface area contributed by atoms with Gasteiger partial charge in [0.1, 0.15) is 19.8 Å². The Balaban J connectivity index is 2.10. The van der Waals surface area contributed by atoms with Crippen LogP contribution in [-0.4, -0.2) is 41.3 Å². The van der Waals surface area contributed by atoms with Crippen molar-refractivity contribution in [3.63, 3.8) is 0 Å². The van der Waals surface area contributed by atoms with Crippen LogP contribution in [0.15, 0.2) is 41.3 Å². The first-order valence-corrected chi connectivity index (χ1v) is 9.84. The summed E-state index contributed by atoms with van der Waals surface area (Å²) in [7, 11) is -2.81. The molecule has 0 saturated carbocycles. The number of nitrogens with zero attached hydrogens (tertiary/aromatic N) is 1. The largest absolute Gasteiger partial charge is 0.486 e. The maximum Gasteiger partial charge on any atom is 0.326 e. The second-order valence-electron chi connectivity index (χ2n) is 6.11. The van der Waals surface area contributed by atoms with Gasteiger partial charge in [-0.15, -0.1) is 0 Å². The lowest BCUT2D eigenvalue weighted by atomic mass is 10.1. The molecule has 0 saturated heterocycles. The van der Waals surface area contributed by atoms with Crippen molar-refractivity contribution in [2.24, 2.45) is 0 Å². The van der Waals surface area contributed by atoms with Gasteiger partial charge in [-0.1, -0.05) is 12.1 Å².